The molecule has 5 N–H and O–H groups in total. The molecular formula is C11H21N5O. The second-order valence-corrected chi connectivity index (χ2v) is 4.86. The summed E-state index contributed by atoms with van der Waals surface area (Å²) in [5.41, 5.74) is 3.39. The summed E-state index contributed by atoms with van der Waals surface area (Å²) in [6.45, 7) is 7.04. The van der Waals surface area contributed by atoms with Crippen LogP contribution in [0.2, 0.25) is 0 Å². The number of hydrogen-bond acceptors (Lipinski definition) is 6. The van der Waals surface area contributed by atoms with Gasteiger partial charge in [0.2, 0.25) is 5.95 Å². The van der Waals surface area contributed by atoms with E-state index >= 15 is 0 Å². The molecule has 0 fully saturated rings. The van der Waals surface area contributed by atoms with Gasteiger partial charge in [-0.15, -0.1) is 0 Å². The molecule has 17 heavy (non-hydrogen) atoms. The van der Waals surface area contributed by atoms with Crippen LogP contribution < -0.4 is 16.6 Å². The van der Waals surface area contributed by atoms with Crippen LogP contribution in [0.3, 0.4) is 0 Å². The fraction of sp³-hybridized carbons (Fsp3) is 0.636. The molecule has 0 unspecified atom stereocenters. The second kappa shape index (κ2) is 5.79. The van der Waals surface area contributed by atoms with Gasteiger partial charge in [0.15, 0.2) is 0 Å². The Balaban J connectivity index is 2.68. The summed E-state index contributed by atoms with van der Waals surface area (Å²) < 4.78 is 0. The third kappa shape index (κ3) is 4.16. The Bertz CT molecular complexity index is 367. The largest absolute Gasteiger partial charge is 0.396 e. The van der Waals surface area contributed by atoms with Crippen molar-refractivity contribution >= 4 is 11.8 Å². The zero-order valence-corrected chi connectivity index (χ0v) is 10.6. The lowest BCUT2D eigenvalue weighted by atomic mass is 9.90. The predicted octanol–water partition coefficient (Wildman–Crippen LogP) is 0.891. The van der Waals surface area contributed by atoms with Crippen LogP contribution in [-0.4, -0.2) is 28.2 Å². The van der Waals surface area contributed by atoms with E-state index in [1.807, 2.05) is 6.92 Å². The lowest BCUT2D eigenvalue weighted by Gasteiger charge is -2.24. The first-order valence-electron chi connectivity index (χ1n) is 5.63. The van der Waals surface area contributed by atoms with Crippen LogP contribution in [-0.2, 0) is 0 Å². The highest BCUT2D eigenvalue weighted by Crippen LogP contribution is 2.21. The molecule has 0 radical (unpaired) electrons. The molecule has 0 spiro atoms. The maximum absolute atomic E-state index is 8.96. The van der Waals surface area contributed by atoms with E-state index in [1.165, 1.54) is 0 Å². The van der Waals surface area contributed by atoms with Crippen molar-refractivity contribution in [2.75, 3.05) is 23.9 Å². The van der Waals surface area contributed by atoms with Crippen LogP contribution in [0.25, 0.3) is 0 Å². The van der Waals surface area contributed by atoms with Crippen molar-refractivity contribution in [1.29, 1.82) is 0 Å². The first kappa shape index (κ1) is 13.7. The fourth-order valence-electron chi connectivity index (χ4n) is 1.40. The first-order chi connectivity index (χ1) is 7.98. The summed E-state index contributed by atoms with van der Waals surface area (Å²) in [7, 11) is 0. The zero-order chi connectivity index (χ0) is 12.9. The number of hydrogen-bond donors (Lipinski definition) is 4. The summed E-state index contributed by atoms with van der Waals surface area (Å²) >= 11 is 0. The zero-order valence-electron chi connectivity index (χ0n) is 10.6. The molecule has 0 aliphatic rings. The Morgan fingerprint density at radius 3 is 2.76 bits per heavy atom. The molecule has 0 aliphatic heterocycles. The minimum Gasteiger partial charge on any atom is -0.396 e. The number of rotatable bonds is 6. The number of aliphatic hydroxyl groups is 1. The van der Waals surface area contributed by atoms with Crippen LogP contribution in [0.15, 0.2) is 6.20 Å². The van der Waals surface area contributed by atoms with E-state index in [0.29, 0.717) is 5.95 Å². The molecule has 0 saturated heterocycles. The number of nitrogens with two attached hydrogens (primary N) is 1. The average Bonchev–Trinajstić information content (AvgIpc) is 2.28. The SMILES string of the molecule is Cc1cnc(NN)nc1NCC(C)(C)CCO. The summed E-state index contributed by atoms with van der Waals surface area (Å²) in [4.78, 5) is 8.24. The van der Waals surface area contributed by atoms with Crippen LogP contribution in [0.4, 0.5) is 11.8 Å². The van der Waals surface area contributed by atoms with Gasteiger partial charge in [-0.05, 0) is 18.8 Å². The molecular weight excluding hydrogens is 218 g/mol. The van der Waals surface area contributed by atoms with E-state index in [9.17, 15) is 0 Å². The quantitative estimate of drug-likeness (QED) is 0.435. The summed E-state index contributed by atoms with van der Waals surface area (Å²) in [6, 6.07) is 0. The van der Waals surface area contributed by atoms with Crippen molar-refractivity contribution < 1.29 is 5.11 Å². The molecule has 1 aromatic rings. The maximum atomic E-state index is 8.96. The van der Waals surface area contributed by atoms with E-state index < -0.39 is 0 Å². The average molecular weight is 239 g/mol. The Labute approximate surface area is 102 Å². The number of anilines is 2. The monoisotopic (exact) mass is 239 g/mol. The van der Waals surface area contributed by atoms with Crippen LogP contribution in [0, 0.1) is 12.3 Å². The highest BCUT2D eigenvalue weighted by Gasteiger charge is 2.17. The highest BCUT2D eigenvalue weighted by molar-refractivity contribution is 5.46. The molecule has 1 heterocycles. The summed E-state index contributed by atoms with van der Waals surface area (Å²) in [5.74, 6) is 6.41. The second-order valence-electron chi connectivity index (χ2n) is 4.86. The molecule has 0 atom stereocenters. The van der Waals surface area contributed by atoms with E-state index in [4.69, 9.17) is 10.9 Å². The van der Waals surface area contributed by atoms with Gasteiger partial charge in [-0.2, -0.15) is 4.98 Å². The molecule has 0 amide bonds. The molecule has 96 valence electrons. The number of hydrazine groups is 1. The molecule has 0 aliphatic carbocycles. The number of aromatic nitrogens is 2. The van der Waals surface area contributed by atoms with Gasteiger partial charge < -0.3 is 10.4 Å². The van der Waals surface area contributed by atoms with Crippen LogP contribution in [0.5, 0.6) is 0 Å². The summed E-state index contributed by atoms with van der Waals surface area (Å²) in [5, 5.41) is 12.2. The number of nitrogens with zero attached hydrogens (tertiary/aromatic N) is 2. The van der Waals surface area contributed by atoms with Crippen LogP contribution in [0.1, 0.15) is 25.8 Å². The minimum atomic E-state index is 0.0163. The highest BCUT2D eigenvalue weighted by atomic mass is 16.3. The van der Waals surface area contributed by atoms with Gasteiger partial charge >= 0.3 is 0 Å². The minimum absolute atomic E-state index is 0.0163. The van der Waals surface area contributed by atoms with Gasteiger partial charge in [0, 0.05) is 24.9 Å². The molecule has 1 rings (SSSR count). The van der Waals surface area contributed by atoms with Gasteiger partial charge in [-0.1, -0.05) is 13.8 Å². The predicted molar refractivity (Wildman–Crippen MR) is 68.6 cm³/mol. The molecule has 0 bridgehead atoms. The van der Waals surface area contributed by atoms with E-state index in [2.05, 4.69) is 34.6 Å². The van der Waals surface area contributed by atoms with Crippen molar-refractivity contribution in [1.82, 2.24) is 9.97 Å². The molecule has 0 aromatic carbocycles. The van der Waals surface area contributed by atoms with Gasteiger partial charge in [0.25, 0.3) is 0 Å². The van der Waals surface area contributed by atoms with E-state index in [-0.39, 0.29) is 12.0 Å². The molecule has 1 aromatic heterocycles. The standard InChI is InChI=1S/C11H21N5O/c1-8-6-13-10(16-12)15-9(8)14-7-11(2,3)4-5-17/h6,17H,4-5,7,12H2,1-3H3,(H2,13,14,15,16). The number of aryl methyl sites for hydroxylation is 1. The molecule has 6 heteroatoms. The molecule has 6 nitrogen and oxygen atoms in total. The molecule has 0 saturated carbocycles. The topological polar surface area (TPSA) is 96.1 Å². The Hall–Kier alpha value is -1.40. The van der Waals surface area contributed by atoms with Crippen molar-refractivity contribution in [2.24, 2.45) is 11.3 Å². The fourth-order valence-corrected chi connectivity index (χ4v) is 1.40. The number of nitrogens with one attached hydrogen (secondary N) is 2. The van der Waals surface area contributed by atoms with Gasteiger partial charge in [-0.3, -0.25) is 5.43 Å². The number of nitrogen functional groups attached to an aromatic ring is 1. The van der Waals surface area contributed by atoms with Gasteiger partial charge in [0.1, 0.15) is 5.82 Å². The lowest BCUT2D eigenvalue weighted by Crippen LogP contribution is -2.25. The normalized spacial score (nSPS) is 11.4. The van der Waals surface area contributed by atoms with Crippen molar-refractivity contribution in [2.45, 2.75) is 27.2 Å². The van der Waals surface area contributed by atoms with E-state index in [0.717, 1.165) is 24.3 Å². The first-order valence-corrected chi connectivity index (χ1v) is 5.63. The van der Waals surface area contributed by atoms with Crippen molar-refractivity contribution in [3.05, 3.63) is 11.8 Å². The van der Waals surface area contributed by atoms with Crippen LogP contribution >= 0.6 is 0 Å². The Morgan fingerprint density at radius 1 is 1.47 bits per heavy atom. The Kier molecular flexibility index (Phi) is 4.65. The third-order valence-electron chi connectivity index (χ3n) is 2.62. The maximum Gasteiger partial charge on any atom is 0.239 e. The Morgan fingerprint density at radius 2 is 2.18 bits per heavy atom. The van der Waals surface area contributed by atoms with Crippen molar-refractivity contribution in [3.8, 4) is 0 Å². The third-order valence-corrected chi connectivity index (χ3v) is 2.62. The van der Waals surface area contributed by atoms with E-state index in [1.54, 1.807) is 6.20 Å². The lowest BCUT2D eigenvalue weighted by molar-refractivity contribution is 0.220. The van der Waals surface area contributed by atoms with Crippen molar-refractivity contribution in [3.63, 3.8) is 0 Å². The summed E-state index contributed by atoms with van der Waals surface area (Å²) in [6.07, 6.45) is 2.45. The van der Waals surface area contributed by atoms with Gasteiger partial charge in [0.05, 0.1) is 0 Å². The smallest absolute Gasteiger partial charge is 0.239 e. The number of aliphatic hydroxyl groups excluding tert-OH is 1. The van der Waals surface area contributed by atoms with Gasteiger partial charge in [-0.25, -0.2) is 10.8 Å².